The van der Waals surface area contributed by atoms with Crippen LogP contribution in [0.15, 0.2) is 4.52 Å². The van der Waals surface area contributed by atoms with Crippen LogP contribution in [-0.2, 0) is 0 Å². The summed E-state index contributed by atoms with van der Waals surface area (Å²) in [5.41, 5.74) is 0. The molecule has 1 aromatic heterocycles. The Labute approximate surface area is 113 Å². The third kappa shape index (κ3) is 2.96. The first-order valence-electron chi connectivity index (χ1n) is 7.18. The predicted octanol–water partition coefficient (Wildman–Crippen LogP) is 0.618. The third-order valence-electron chi connectivity index (χ3n) is 4.13. The summed E-state index contributed by atoms with van der Waals surface area (Å²) in [6.07, 6.45) is 2.40. The van der Waals surface area contributed by atoms with Crippen molar-refractivity contribution in [3.8, 4) is 0 Å². The lowest BCUT2D eigenvalue weighted by molar-refractivity contribution is 0.0776. The number of nitrogens with zero attached hydrogens (tertiary/aromatic N) is 4. The van der Waals surface area contributed by atoms with Gasteiger partial charge in [0.1, 0.15) is 0 Å². The smallest absolute Gasteiger partial charge is 0.243 e. The normalized spacial score (nSPS) is 23.7. The lowest BCUT2D eigenvalue weighted by Crippen LogP contribution is -2.47. The lowest BCUT2D eigenvalue weighted by atomic mass is 10.2. The van der Waals surface area contributed by atoms with Crippen molar-refractivity contribution < 1.29 is 9.63 Å². The van der Waals surface area contributed by atoms with Crippen LogP contribution in [-0.4, -0.2) is 64.4 Å². The van der Waals surface area contributed by atoms with Gasteiger partial charge in [-0.15, -0.1) is 0 Å². The lowest BCUT2D eigenvalue weighted by Gasteiger charge is -2.36. The van der Waals surface area contributed by atoms with Crippen LogP contribution in [0.5, 0.6) is 0 Å². The molecular formula is C13H22N4O2. The summed E-state index contributed by atoms with van der Waals surface area (Å²) in [5, 5.41) is 13.0. The van der Waals surface area contributed by atoms with E-state index in [1.165, 1.54) is 12.8 Å². The summed E-state index contributed by atoms with van der Waals surface area (Å²) in [5.74, 6) is 2.18. The number of aliphatic hydroxyl groups excluding tert-OH is 1. The molecule has 1 aromatic rings. The maximum Gasteiger partial charge on any atom is 0.243 e. The van der Waals surface area contributed by atoms with Gasteiger partial charge >= 0.3 is 0 Å². The van der Waals surface area contributed by atoms with Gasteiger partial charge in [-0.05, 0) is 19.8 Å². The molecule has 0 aromatic carbocycles. The molecule has 1 saturated heterocycles. The largest absolute Gasteiger partial charge is 0.395 e. The number of β-amino-alcohol motifs (C(OH)–C–C–N with tert-alkyl or cyclic N) is 1. The second-order valence-electron chi connectivity index (χ2n) is 5.54. The standard InChI is InChI=1S/C13H22N4O2/c1-10(13-14-12(15-19-13)11-2-3-11)17-6-4-16(5-7-17)8-9-18/h10-11,18H,2-9H2,1H3/t10-/m0/s1. The number of hydrogen-bond acceptors (Lipinski definition) is 6. The monoisotopic (exact) mass is 266 g/mol. The second kappa shape index (κ2) is 5.56. The Hall–Kier alpha value is -0.980. The van der Waals surface area contributed by atoms with Crippen molar-refractivity contribution in [2.24, 2.45) is 0 Å². The van der Waals surface area contributed by atoms with Gasteiger partial charge in [-0.25, -0.2) is 0 Å². The molecule has 1 N–H and O–H groups in total. The van der Waals surface area contributed by atoms with E-state index in [0.29, 0.717) is 5.92 Å². The SMILES string of the molecule is C[C@@H](c1nc(C2CC2)no1)N1CCN(CCO)CC1. The summed E-state index contributed by atoms with van der Waals surface area (Å²) in [6.45, 7) is 7.11. The van der Waals surface area contributed by atoms with Gasteiger partial charge in [-0.3, -0.25) is 9.80 Å². The van der Waals surface area contributed by atoms with Crippen molar-refractivity contribution in [2.75, 3.05) is 39.3 Å². The molecule has 1 atom stereocenters. The average Bonchev–Trinajstić information content (AvgIpc) is 3.17. The van der Waals surface area contributed by atoms with E-state index in [1.807, 2.05) is 0 Å². The molecule has 0 bridgehead atoms. The van der Waals surface area contributed by atoms with Crippen LogP contribution in [0.1, 0.15) is 43.4 Å². The van der Waals surface area contributed by atoms with Crippen molar-refractivity contribution in [3.63, 3.8) is 0 Å². The average molecular weight is 266 g/mol. The molecule has 0 unspecified atom stereocenters. The highest BCUT2D eigenvalue weighted by Gasteiger charge is 2.31. The third-order valence-corrected chi connectivity index (χ3v) is 4.13. The highest BCUT2D eigenvalue weighted by atomic mass is 16.5. The van der Waals surface area contributed by atoms with Gasteiger partial charge in [0.15, 0.2) is 5.82 Å². The van der Waals surface area contributed by atoms with Crippen LogP contribution in [0.2, 0.25) is 0 Å². The number of aliphatic hydroxyl groups is 1. The molecule has 2 fully saturated rings. The van der Waals surface area contributed by atoms with Crippen LogP contribution >= 0.6 is 0 Å². The molecule has 1 aliphatic heterocycles. The molecule has 0 radical (unpaired) electrons. The number of rotatable bonds is 5. The first kappa shape index (κ1) is 13.0. The van der Waals surface area contributed by atoms with Gasteiger partial charge < -0.3 is 9.63 Å². The maximum absolute atomic E-state index is 8.94. The fourth-order valence-electron chi connectivity index (χ4n) is 2.60. The van der Waals surface area contributed by atoms with E-state index in [0.717, 1.165) is 44.4 Å². The van der Waals surface area contributed by atoms with E-state index >= 15 is 0 Å². The molecule has 19 heavy (non-hydrogen) atoms. The zero-order valence-corrected chi connectivity index (χ0v) is 11.5. The Morgan fingerprint density at radius 1 is 1.32 bits per heavy atom. The molecule has 0 amide bonds. The zero-order chi connectivity index (χ0) is 13.2. The minimum atomic E-state index is 0.191. The predicted molar refractivity (Wildman–Crippen MR) is 69.8 cm³/mol. The molecule has 1 aliphatic carbocycles. The first-order chi connectivity index (χ1) is 9.28. The van der Waals surface area contributed by atoms with E-state index in [1.54, 1.807) is 0 Å². The minimum absolute atomic E-state index is 0.191. The van der Waals surface area contributed by atoms with Crippen LogP contribution in [0, 0.1) is 0 Å². The number of piperazine rings is 1. The number of aromatic nitrogens is 2. The van der Waals surface area contributed by atoms with E-state index in [-0.39, 0.29) is 12.6 Å². The van der Waals surface area contributed by atoms with E-state index in [2.05, 4.69) is 26.9 Å². The second-order valence-corrected chi connectivity index (χ2v) is 5.54. The van der Waals surface area contributed by atoms with Gasteiger partial charge in [0.2, 0.25) is 5.89 Å². The Morgan fingerprint density at radius 2 is 2.05 bits per heavy atom. The van der Waals surface area contributed by atoms with Crippen molar-refractivity contribution >= 4 is 0 Å². The van der Waals surface area contributed by atoms with Crippen molar-refractivity contribution in [1.82, 2.24) is 19.9 Å². The zero-order valence-electron chi connectivity index (χ0n) is 11.5. The topological polar surface area (TPSA) is 65.6 Å². The molecule has 6 heteroatoms. The van der Waals surface area contributed by atoms with Crippen LogP contribution in [0.3, 0.4) is 0 Å². The fourth-order valence-corrected chi connectivity index (χ4v) is 2.60. The Balaban J connectivity index is 1.56. The molecule has 2 heterocycles. The summed E-state index contributed by atoms with van der Waals surface area (Å²) in [6, 6.07) is 0.191. The molecule has 3 rings (SSSR count). The quantitative estimate of drug-likeness (QED) is 0.842. The van der Waals surface area contributed by atoms with Crippen LogP contribution < -0.4 is 0 Å². The van der Waals surface area contributed by atoms with Gasteiger partial charge in [0.05, 0.1) is 12.6 Å². The maximum atomic E-state index is 8.94. The Kier molecular flexibility index (Phi) is 3.81. The van der Waals surface area contributed by atoms with Crippen molar-refractivity contribution in [3.05, 3.63) is 11.7 Å². The fraction of sp³-hybridized carbons (Fsp3) is 0.846. The summed E-state index contributed by atoms with van der Waals surface area (Å²) < 4.78 is 5.40. The van der Waals surface area contributed by atoms with Gasteiger partial charge in [0.25, 0.3) is 0 Å². The summed E-state index contributed by atoms with van der Waals surface area (Å²) in [4.78, 5) is 9.19. The molecule has 6 nitrogen and oxygen atoms in total. The van der Waals surface area contributed by atoms with E-state index in [4.69, 9.17) is 9.63 Å². The minimum Gasteiger partial charge on any atom is -0.395 e. The highest BCUT2D eigenvalue weighted by Crippen LogP contribution is 2.38. The highest BCUT2D eigenvalue weighted by molar-refractivity contribution is 5.04. The summed E-state index contributed by atoms with van der Waals surface area (Å²) >= 11 is 0. The molecule has 0 spiro atoms. The van der Waals surface area contributed by atoms with Gasteiger partial charge in [0, 0.05) is 38.6 Å². The van der Waals surface area contributed by atoms with Crippen LogP contribution in [0.25, 0.3) is 0 Å². The summed E-state index contributed by atoms with van der Waals surface area (Å²) in [7, 11) is 0. The first-order valence-corrected chi connectivity index (χ1v) is 7.18. The van der Waals surface area contributed by atoms with Crippen molar-refractivity contribution in [2.45, 2.75) is 31.7 Å². The molecular weight excluding hydrogens is 244 g/mol. The Morgan fingerprint density at radius 3 is 2.68 bits per heavy atom. The molecule has 2 aliphatic rings. The van der Waals surface area contributed by atoms with E-state index < -0.39 is 0 Å². The molecule has 1 saturated carbocycles. The van der Waals surface area contributed by atoms with Gasteiger partial charge in [-0.2, -0.15) is 4.98 Å². The number of hydrogen-bond donors (Lipinski definition) is 1. The molecule has 106 valence electrons. The van der Waals surface area contributed by atoms with E-state index in [9.17, 15) is 0 Å². The van der Waals surface area contributed by atoms with Crippen LogP contribution in [0.4, 0.5) is 0 Å². The van der Waals surface area contributed by atoms with Gasteiger partial charge in [-0.1, -0.05) is 5.16 Å². The Bertz CT molecular complexity index is 411. The van der Waals surface area contributed by atoms with Crippen molar-refractivity contribution in [1.29, 1.82) is 0 Å².